The lowest BCUT2D eigenvalue weighted by Gasteiger charge is -2.36. The van der Waals surface area contributed by atoms with Gasteiger partial charge in [-0.3, -0.25) is 9.69 Å². The van der Waals surface area contributed by atoms with Crippen molar-refractivity contribution in [2.75, 3.05) is 32.8 Å². The van der Waals surface area contributed by atoms with Gasteiger partial charge in [-0.25, -0.2) is 4.68 Å². The van der Waals surface area contributed by atoms with Crippen LogP contribution >= 0.6 is 0 Å². The summed E-state index contributed by atoms with van der Waals surface area (Å²) < 4.78 is 13.4. The molecule has 9 heteroatoms. The molecule has 0 saturated carbocycles. The summed E-state index contributed by atoms with van der Waals surface area (Å²) in [6.45, 7) is 6.77. The fourth-order valence-corrected chi connectivity index (χ4v) is 3.39. The van der Waals surface area contributed by atoms with Crippen molar-refractivity contribution in [1.29, 1.82) is 0 Å². The predicted octanol–water partition coefficient (Wildman–Crippen LogP) is 0.567. The number of hydrogen-bond acceptors (Lipinski definition) is 7. The van der Waals surface area contributed by atoms with E-state index in [1.807, 2.05) is 33.8 Å². The summed E-state index contributed by atoms with van der Waals surface area (Å²) in [4.78, 5) is 16.9. The molecule has 1 atom stereocenters. The van der Waals surface area contributed by atoms with Gasteiger partial charge in [0.1, 0.15) is 6.61 Å². The number of carbonyl (C=O) groups excluding carboxylic acids is 1. The van der Waals surface area contributed by atoms with Crippen LogP contribution in [-0.2, 0) is 17.9 Å². The fraction of sp³-hybridized carbons (Fsp3) is 0.556. The van der Waals surface area contributed by atoms with E-state index >= 15 is 0 Å². The lowest BCUT2D eigenvalue weighted by molar-refractivity contribution is -0.143. The molecule has 1 amide bonds. The second-order valence-corrected chi connectivity index (χ2v) is 6.78. The molecule has 27 heavy (non-hydrogen) atoms. The maximum absolute atomic E-state index is 12.8. The number of aromatic nitrogens is 4. The van der Waals surface area contributed by atoms with Crippen molar-refractivity contribution in [1.82, 2.24) is 30.0 Å². The number of carbonyl (C=O) groups is 1. The molecular formula is C18H24N6O3. The summed E-state index contributed by atoms with van der Waals surface area (Å²) in [7, 11) is 0. The van der Waals surface area contributed by atoms with Crippen LogP contribution in [0.1, 0.15) is 19.2 Å². The zero-order valence-electron chi connectivity index (χ0n) is 15.5. The molecule has 1 saturated heterocycles. The number of amides is 1. The lowest BCUT2D eigenvalue weighted by atomic mass is 10.2. The number of ether oxygens (including phenoxy) is 2. The molecule has 2 aliphatic rings. The molecule has 1 aromatic carbocycles. The molecular weight excluding hydrogens is 348 g/mol. The van der Waals surface area contributed by atoms with E-state index in [1.54, 1.807) is 0 Å². The maximum Gasteiger partial charge on any atom is 0.267 e. The Morgan fingerprint density at radius 3 is 2.74 bits per heavy atom. The summed E-state index contributed by atoms with van der Waals surface area (Å²) in [5, 5.41) is 11.9. The molecule has 9 nitrogen and oxygen atoms in total. The summed E-state index contributed by atoms with van der Waals surface area (Å²) in [6, 6.07) is 7.44. The normalized spacial score (nSPS) is 19.9. The first-order valence-electron chi connectivity index (χ1n) is 9.39. The first-order valence-corrected chi connectivity index (χ1v) is 9.39. The summed E-state index contributed by atoms with van der Waals surface area (Å²) in [5.41, 5.74) is 0. The molecule has 1 aromatic heterocycles. The Labute approximate surface area is 157 Å². The van der Waals surface area contributed by atoms with Crippen LogP contribution in [0.5, 0.6) is 11.5 Å². The van der Waals surface area contributed by atoms with Gasteiger partial charge in [-0.15, -0.1) is 5.10 Å². The minimum atomic E-state index is -0.580. The van der Waals surface area contributed by atoms with E-state index in [4.69, 9.17) is 9.47 Å². The average Bonchev–Trinajstić information content (AvgIpc) is 3.15. The highest BCUT2D eigenvalue weighted by Gasteiger charge is 2.32. The number of tetrazole rings is 1. The lowest BCUT2D eigenvalue weighted by Crippen LogP contribution is -2.53. The van der Waals surface area contributed by atoms with E-state index in [9.17, 15) is 4.79 Å². The fourth-order valence-electron chi connectivity index (χ4n) is 3.39. The Kier molecular flexibility index (Phi) is 5.19. The monoisotopic (exact) mass is 372 g/mol. The van der Waals surface area contributed by atoms with Crippen LogP contribution in [0, 0.1) is 0 Å². The number of aryl methyl sites for hydroxylation is 1. The molecule has 0 aliphatic carbocycles. The summed E-state index contributed by atoms with van der Waals surface area (Å²) in [6.07, 6.45) is 0.413. The van der Waals surface area contributed by atoms with E-state index in [0.717, 1.165) is 31.9 Å². The molecule has 0 radical (unpaired) electrons. The van der Waals surface area contributed by atoms with E-state index in [1.165, 1.54) is 0 Å². The Bertz CT molecular complexity index is 787. The number of benzene rings is 1. The van der Waals surface area contributed by atoms with Gasteiger partial charge in [0.2, 0.25) is 6.10 Å². The van der Waals surface area contributed by atoms with Gasteiger partial charge in [-0.1, -0.05) is 19.1 Å². The molecule has 0 unspecified atom stereocenters. The number of rotatable bonds is 5. The molecule has 0 bridgehead atoms. The molecule has 144 valence electrons. The minimum Gasteiger partial charge on any atom is -0.485 e. The second-order valence-electron chi connectivity index (χ2n) is 6.78. The zero-order chi connectivity index (χ0) is 18.6. The van der Waals surface area contributed by atoms with Crippen LogP contribution < -0.4 is 9.47 Å². The number of hydrogen-bond donors (Lipinski definition) is 0. The smallest absolute Gasteiger partial charge is 0.267 e. The number of nitrogens with zero attached hydrogens (tertiary/aromatic N) is 6. The van der Waals surface area contributed by atoms with Crippen molar-refractivity contribution in [3.05, 3.63) is 30.1 Å². The van der Waals surface area contributed by atoms with Crippen molar-refractivity contribution in [2.24, 2.45) is 0 Å². The molecule has 0 N–H and O–H groups in total. The number of piperazine rings is 1. The van der Waals surface area contributed by atoms with Gasteiger partial charge in [-0.05, 0) is 29.0 Å². The van der Waals surface area contributed by atoms with Crippen LogP contribution in [0.2, 0.25) is 0 Å². The third-order valence-electron chi connectivity index (χ3n) is 4.87. The van der Waals surface area contributed by atoms with Crippen molar-refractivity contribution < 1.29 is 14.3 Å². The highest BCUT2D eigenvalue weighted by molar-refractivity contribution is 5.82. The maximum atomic E-state index is 12.8. The van der Waals surface area contributed by atoms with E-state index in [-0.39, 0.29) is 12.5 Å². The second kappa shape index (κ2) is 7.91. The van der Waals surface area contributed by atoms with Crippen molar-refractivity contribution in [3.63, 3.8) is 0 Å². The summed E-state index contributed by atoms with van der Waals surface area (Å²) in [5.74, 6) is 2.18. The first kappa shape index (κ1) is 17.7. The van der Waals surface area contributed by atoms with Crippen LogP contribution in [0.4, 0.5) is 0 Å². The van der Waals surface area contributed by atoms with Crippen molar-refractivity contribution in [2.45, 2.75) is 32.5 Å². The van der Waals surface area contributed by atoms with Gasteiger partial charge in [-0.2, -0.15) is 0 Å². The van der Waals surface area contributed by atoms with E-state index < -0.39 is 6.10 Å². The summed E-state index contributed by atoms with van der Waals surface area (Å²) >= 11 is 0. The van der Waals surface area contributed by atoms with Gasteiger partial charge >= 0.3 is 0 Å². The zero-order valence-corrected chi connectivity index (χ0v) is 15.5. The molecule has 1 fully saturated rings. The molecule has 0 spiro atoms. The average molecular weight is 372 g/mol. The Morgan fingerprint density at radius 2 is 1.96 bits per heavy atom. The Hall–Kier alpha value is -2.68. The van der Waals surface area contributed by atoms with Gasteiger partial charge in [0, 0.05) is 32.7 Å². The predicted molar refractivity (Wildman–Crippen MR) is 96.3 cm³/mol. The van der Waals surface area contributed by atoms with Gasteiger partial charge in [0.25, 0.3) is 5.91 Å². The largest absolute Gasteiger partial charge is 0.485 e. The standard InChI is InChI=1S/C18H24N6O3/c1-2-7-24-17(19-20-21-24)12-22-8-10-23(11-9-22)18(25)16-13-26-14-5-3-4-6-15(14)27-16/h3-6,16H,2,7-13H2,1H3/t16-/m0/s1. The number of fused-ring (bicyclic) bond motifs is 1. The van der Waals surface area contributed by atoms with Crippen LogP contribution in [0.25, 0.3) is 0 Å². The van der Waals surface area contributed by atoms with Gasteiger partial charge in [0.05, 0.1) is 6.54 Å². The Morgan fingerprint density at radius 1 is 1.19 bits per heavy atom. The Balaban J connectivity index is 1.30. The van der Waals surface area contributed by atoms with Gasteiger partial charge in [0.15, 0.2) is 17.3 Å². The third kappa shape index (κ3) is 3.87. The van der Waals surface area contributed by atoms with Crippen LogP contribution in [0.15, 0.2) is 24.3 Å². The topological polar surface area (TPSA) is 85.6 Å². The van der Waals surface area contributed by atoms with Crippen molar-refractivity contribution >= 4 is 5.91 Å². The van der Waals surface area contributed by atoms with Crippen LogP contribution in [-0.4, -0.2) is 74.8 Å². The van der Waals surface area contributed by atoms with E-state index in [2.05, 4.69) is 27.3 Å². The van der Waals surface area contributed by atoms with Crippen molar-refractivity contribution in [3.8, 4) is 11.5 Å². The SMILES string of the molecule is CCCn1nnnc1CN1CCN(C(=O)[C@@H]2COc3ccccc3O2)CC1. The molecule has 2 aromatic rings. The van der Waals surface area contributed by atoms with Gasteiger partial charge < -0.3 is 14.4 Å². The third-order valence-corrected chi connectivity index (χ3v) is 4.87. The minimum absolute atomic E-state index is 0.0139. The molecule has 2 aliphatic heterocycles. The number of para-hydroxylation sites is 2. The molecule has 3 heterocycles. The highest BCUT2D eigenvalue weighted by atomic mass is 16.6. The quantitative estimate of drug-likeness (QED) is 0.758. The highest BCUT2D eigenvalue weighted by Crippen LogP contribution is 2.31. The van der Waals surface area contributed by atoms with E-state index in [0.29, 0.717) is 31.1 Å². The molecule has 4 rings (SSSR count). The first-order chi connectivity index (χ1) is 13.2. The van der Waals surface area contributed by atoms with Crippen LogP contribution in [0.3, 0.4) is 0 Å².